The van der Waals surface area contributed by atoms with Crippen molar-refractivity contribution in [3.8, 4) is 11.8 Å². The summed E-state index contributed by atoms with van der Waals surface area (Å²) in [6.07, 6.45) is 0.877. The van der Waals surface area contributed by atoms with E-state index in [2.05, 4.69) is 11.6 Å². The highest BCUT2D eigenvalue weighted by atomic mass is 35.5. The Hall–Kier alpha value is -2.27. The zero-order valence-corrected chi connectivity index (χ0v) is 12.4. The predicted molar refractivity (Wildman–Crippen MR) is 82.9 cm³/mol. The average molecular weight is 319 g/mol. The number of aliphatic imine (C=N–C) groups is 1. The summed E-state index contributed by atoms with van der Waals surface area (Å²) in [5.41, 5.74) is 1.31. The Morgan fingerprint density at radius 1 is 1.64 bits per heavy atom. The molecule has 1 heterocycles. The lowest BCUT2D eigenvalue weighted by atomic mass is 9.79. The minimum atomic E-state index is -0.957. The Labute approximate surface area is 132 Å². The first-order chi connectivity index (χ1) is 10.5. The molecule has 1 aromatic carbocycles. The lowest BCUT2D eigenvalue weighted by molar-refractivity contribution is 0.209. The van der Waals surface area contributed by atoms with E-state index >= 15 is 0 Å². The van der Waals surface area contributed by atoms with Crippen LogP contribution < -0.4 is 10.2 Å². The first kappa shape index (κ1) is 16.1. The highest BCUT2D eigenvalue weighted by Crippen LogP contribution is 2.26. The molecule has 2 N–H and O–H groups in total. The van der Waals surface area contributed by atoms with Crippen LogP contribution in [0.25, 0.3) is 0 Å². The number of nitriles is 1. The van der Waals surface area contributed by atoms with Gasteiger partial charge in [0.2, 0.25) is 5.88 Å². The van der Waals surface area contributed by atoms with Crippen LogP contribution in [0.5, 0.6) is 5.75 Å². The van der Waals surface area contributed by atoms with Crippen LogP contribution in [0.4, 0.5) is 0 Å². The molecule has 0 bridgehead atoms. The van der Waals surface area contributed by atoms with Gasteiger partial charge in [-0.2, -0.15) is 10.3 Å². The monoisotopic (exact) mass is 318 g/mol. The fourth-order valence-corrected chi connectivity index (χ4v) is 2.15. The molecule has 1 aromatic rings. The number of halogens is 1. The Balaban J connectivity index is 2.22. The summed E-state index contributed by atoms with van der Waals surface area (Å²) in [5, 5.41) is 27.6. The van der Waals surface area contributed by atoms with Gasteiger partial charge in [0, 0.05) is 0 Å². The fourth-order valence-electron chi connectivity index (χ4n) is 1.98. The number of rotatable bonds is 3. The van der Waals surface area contributed by atoms with Crippen molar-refractivity contribution < 1.29 is 19.5 Å². The van der Waals surface area contributed by atoms with Crippen molar-refractivity contribution in [3.05, 3.63) is 47.9 Å². The molecule has 1 aliphatic rings. The normalized spacial score (nSPS) is 18.4. The number of fused-ring (bicyclic) bond motifs is 1. The molecule has 1 unspecified atom stereocenters. The van der Waals surface area contributed by atoms with Crippen molar-refractivity contribution in [2.24, 2.45) is 4.99 Å². The van der Waals surface area contributed by atoms with Crippen molar-refractivity contribution in [1.82, 2.24) is 0 Å². The number of ether oxygens (including phenoxy) is 1. The smallest absolute Gasteiger partial charge is 0.491 e. The van der Waals surface area contributed by atoms with Crippen LogP contribution in [-0.4, -0.2) is 22.6 Å². The highest BCUT2D eigenvalue weighted by Gasteiger charge is 2.32. The third kappa shape index (κ3) is 3.31. The molecule has 0 aliphatic carbocycles. The maximum absolute atomic E-state index is 9.67. The van der Waals surface area contributed by atoms with Gasteiger partial charge in [-0.05, 0) is 47.8 Å². The molecule has 2 rings (SSSR count). The summed E-state index contributed by atoms with van der Waals surface area (Å²) in [6, 6.07) is 6.61. The van der Waals surface area contributed by atoms with Crippen LogP contribution in [0.1, 0.15) is 18.6 Å². The summed E-state index contributed by atoms with van der Waals surface area (Å²) < 4.78 is 10.5. The number of hydrogen-bond acceptors (Lipinski definition) is 6. The van der Waals surface area contributed by atoms with Gasteiger partial charge < -0.3 is 19.5 Å². The summed E-state index contributed by atoms with van der Waals surface area (Å²) in [7, 11) is -0.957. The maximum Gasteiger partial charge on any atom is 0.491 e. The van der Waals surface area contributed by atoms with Gasteiger partial charge in [-0.25, -0.2) is 0 Å². The fraction of sp³-hybridized carbons (Fsp3) is 0.143. The first-order valence-electron chi connectivity index (χ1n) is 6.31. The van der Waals surface area contributed by atoms with E-state index in [4.69, 9.17) is 26.3 Å². The van der Waals surface area contributed by atoms with Crippen molar-refractivity contribution in [3.63, 3.8) is 0 Å². The van der Waals surface area contributed by atoms with E-state index in [0.29, 0.717) is 11.2 Å². The SMILES string of the molecule is C=C/C(C#N)=C(O)\N=C(/Cl)Oc1ccc2c(c1)C(C)OB2O. The standard InChI is InChI=1S/C14H12BClN2O4/c1-3-9(7-17)13(19)18-14(16)21-10-4-5-12-11(6-10)8(2)22-15(12)20/h3-6,8,19-20H,1H2,2H3/b13-9-,18-14+. The molecular formula is C14H12BClN2O4. The van der Waals surface area contributed by atoms with Crippen LogP contribution in [0, 0.1) is 11.3 Å². The molecule has 0 fully saturated rings. The van der Waals surface area contributed by atoms with E-state index in [1.807, 2.05) is 0 Å². The van der Waals surface area contributed by atoms with Gasteiger partial charge in [0.1, 0.15) is 17.4 Å². The van der Waals surface area contributed by atoms with E-state index in [-0.39, 0.29) is 17.0 Å². The molecule has 1 atom stereocenters. The molecule has 6 nitrogen and oxygen atoms in total. The largest absolute Gasteiger partial charge is 0.492 e. The van der Waals surface area contributed by atoms with Gasteiger partial charge in [0.25, 0.3) is 5.36 Å². The van der Waals surface area contributed by atoms with Crippen LogP contribution in [-0.2, 0) is 4.65 Å². The Bertz CT molecular complexity index is 711. The molecule has 8 heteroatoms. The third-order valence-electron chi connectivity index (χ3n) is 3.06. The highest BCUT2D eigenvalue weighted by molar-refractivity contribution is 6.63. The zero-order valence-electron chi connectivity index (χ0n) is 11.7. The minimum Gasteiger partial charge on any atom is -0.492 e. The van der Waals surface area contributed by atoms with Crippen molar-refractivity contribution >= 4 is 29.5 Å². The second-order valence-electron chi connectivity index (χ2n) is 4.44. The van der Waals surface area contributed by atoms with Gasteiger partial charge in [0.05, 0.1) is 6.10 Å². The van der Waals surface area contributed by atoms with Gasteiger partial charge in [-0.15, -0.1) is 0 Å². The van der Waals surface area contributed by atoms with Crippen LogP contribution in [0.3, 0.4) is 0 Å². The topological polar surface area (TPSA) is 95.1 Å². The second-order valence-corrected chi connectivity index (χ2v) is 4.76. The first-order valence-corrected chi connectivity index (χ1v) is 6.69. The maximum atomic E-state index is 9.67. The molecule has 1 aliphatic heterocycles. The van der Waals surface area contributed by atoms with Crippen LogP contribution in [0.2, 0.25) is 0 Å². The van der Waals surface area contributed by atoms with Crippen LogP contribution in [0.15, 0.2) is 47.3 Å². The van der Waals surface area contributed by atoms with E-state index in [1.54, 1.807) is 31.2 Å². The van der Waals surface area contributed by atoms with Crippen molar-refractivity contribution in [2.45, 2.75) is 13.0 Å². The Kier molecular flexibility index (Phi) is 4.88. The van der Waals surface area contributed by atoms with Crippen molar-refractivity contribution in [1.29, 1.82) is 5.26 Å². The van der Waals surface area contributed by atoms with E-state index in [0.717, 1.165) is 11.6 Å². The second kappa shape index (κ2) is 6.66. The number of benzene rings is 1. The summed E-state index contributed by atoms with van der Waals surface area (Å²) in [6.45, 7) is 5.17. The molecule has 0 amide bonds. The molecular weight excluding hydrogens is 306 g/mol. The third-order valence-corrected chi connectivity index (χ3v) is 3.22. The minimum absolute atomic E-state index is 0.124. The number of hydrogen-bond donors (Lipinski definition) is 2. The molecule has 0 spiro atoms. The lowest BCUT2D eigenvalue weighted by Crippen LogP contribution is -2.27. The van der Waals surface area contributed by atoms with E-state index in [9.17, 15) is 10.1 Å². The summed E-state index contributed by atoms with van der Waals surface area (Å²) >= 11 is 5.79. The summed E-state index contributed by atoms with van der Waals surface area (Å²) in [4.78, 5) is 3.56. The Morgan fingerprint density at radius 3 is 3.00 bits per heavy atom. The average Bonchev–Trinajstić information content (AvgIpc) is 2.74. The van der Waals surface area contributed by atoms with Crippen LogP contribution >= 0.6 is 11.6 Å². The number of allylic oxidation sites excluding steroid dienone is 2. The van der Waals surface area contributed by atoms with Gasteiger partial charge >= 0.3 is 7.12 Å². The molecule has 22 heavy (non-hydrogen) atoms. The Morgan fingerprint density at radius 2 is 2.36 bits per heavy atom. The quantitative estimate of drug-likeness (QED) is 0.222. The summed E-state index contributed by atoms with van der Waals surface area (Å²) in [5.74, 6) is -0.224. The zero-order chi connectivity index (χ0) is 16.3. The van der Waals surface area contributed by atoms with Gasteiger partial charge in [-0.3, -0.25) is 0 Å². The van der Waals surface area contributed by atoms with Gasteiger partial charge in [0.15, 0.2) is 0 Å². The van der Waals surface area contributed by atoms with E-state index < -0.39 is 13.0 Å². The number of aliphatic hydroxyl groups excluding tert-OH is 1. The lowest BCUT2D eigenvalue weighted by Gasteiger charge is -2.07. The molecule has 0 saturated heterocycles. The number of nitrogens with zero attached hydrogens (tertiary/aromatic N) is 2. The molecule has 0 radical (unpaired) electrons. The molecule has 112 valence electrons. The number of aliphatic hydroxyl groups is 1. The molecule has 0 saturated carbocycles. The predicted octanol–water partition coefficient (Wildman–Crippen LogP) is 1.92. The van der Waals surface area contributed by atoms with E-state index in [1.165, 1.54) is 0 Å². The van der Waals surface area contributed by atoms with Crippen molar-refractivity contribution in [2.75, 3.05) is 0 Å². The van der Waals surface area contributed by atoms with Gasteiger partial charge in [-0.1, -0.05) is 12.6 Å². The molecule has 0 aromatic heterocycles.